The number of amides is 1. The molecular formula is C19H23N3O3. The largest absolute Gasteiger partial charge is 0.485 e. The molecule has 25 heavy (non-hydrogen) atoms. The molecule has 2 aromatic rings. The average Bonchev–Trinajstić information content (AvgIpc) is 3.18. The molecule has 2 aliphatic rings. The lowest BCUT2D eigenvalue weighted by molar-refractivity contribution is -0.142. The Morgan fingerprint density at radius 3 is 2.72 bits per heavy atom. The number of likely N-dealkylation sites (tertiary alicyclic amines) is 1. The van der Waals surface area contributed by atoms with Crippen LogP contribution in [-0.2, 0) is 11.8 Å². The average molecular weight is 341 g/mol. The van der Waals surface area contributed by atoms with Crippen molar-refractivity contribution >= 4 is 5.91 Å². The van der Waals surface area contributed by atoms with Gasteiger partial charge in [-0.15, -0.1) is 0 Å². The molecule has 1 fully saturated rings. The molecule has 1 amide bonds. The first kappa shape index (κ1) is 16.0. The monoisotopic (exact) mass is 341 g/mol. The maximum atomic E-state index is 13.1. The molecule has 4 rings (SSSR count). The summed E-state index contributed by atoms with van der Waals surface area (Å²) in [6.07, 6.45) is 1.37. The fourth-order valence-corrected chi connectivity index (χ4v) is 3.93. The van der Waals surface area contributed by atoms with Crippen LogP contribution < -0.4 is 9.47 Å². The van der Waals surface area contributed by atoms with Gasteiger partial charge in [-0.3, -0.25) is 9.48 Å². The third-order valence-electron chi connectivity index (χ3n) is 5.22. The minimum atomic E-state index is -0.590. The number of rotatable bonds is 2. The number of aromatic nitrogens is 2. The molecule has 2 atom stereocenters. The van der Waals surface area contributed by atoms with E-state index < -0.39 is 6.10 Å². The highest BCUT2D eigenvalue weighted by atomic mass is 16.6. The first-order valence-corrected chi connectivity index (χ1v) is 8.75. The van der Waals surface area contributed by atoms with E-state index in [0.717, 1.165) is 30.8 Å². The van der Waals surface area contributed by atoms with Crippen molar-refractivity contribution in [2.75, 3.05) is 13.2 Å². The summed E-state index contributed by atoms with van der Waals surface area (Å²) >= 11 is 0. The molecule has 1 aromatic heterocycles. The number of aryl methyl sites for hydroxylation is 2. The maximum absolute atomic E-state index is 13.1. The molecule has 1 aromatic carbocycles. The van der Waals surface area contributed by atoms with Gasteiger partial charge in [0, 0.05) is 24.8 Å². The van der Waals surface area contributed by atoms with Crippen LogP contribution in [0.5, 0.6) is 11.5 Å². The van der Waals surface area contributed by atoms with E-state index in [0.29, 0.717) is 11.5 Å². The van der Waals surface area contributed by atoms with Crippen molar-refractivity contribution in [2.45, 2.75) is 38.8 Å². The van der Waals surface area contributed by atoms with Crippen LogP contribution in [0.3, 0.4) is 0 Å². The van der Waals surface area contributed by atoms with Gasteiger partial charge in [0.15, 0.2) is 11.5 Å². The Kier molecular flexibility index (Phi) is 3.90. The highest BCUT2D eigenvalue weighted by molar-refractivity contribution is 5.82. The molecule has 3 heterocycles. The lowest BCUT2D eigenvalue weighted by Crippen LogP contribution is -2.46. The van der Waals surface area contributed by atoms with E-state index >= 15 is 0 Å². The van der Waals surface area contributed by atoms with Crippen molar-refractivity contribution in [3.63, 3.8) is 0 Å². The smallest absolute Gasteiger partial charge is 0.267 e. The molecule has 0 aliphatic carbocycles. The Bertz CT molecular complexity index is 814. The van der Waals surface area contributed by atoms with Crippen molar-refractivity contribution in [3.8, 4) is 11.5 Å². The van der Waals surface area contributed by atoms with E-state index in [1.54, 1.807) is 0 Å². The van der Waals surface area contributed by atoms with Crippen LogP contribution in [0.25, 0.3) is 0 Å². The molecule has 0 bridgehead atoms. The molecule has 0 unspecified atom stereocenters. The zero-order valence-electron chi connectivity index (χ0n) is 14.9. The predicted molar refractivity (Wildman–Crippen MR) is 92.7 cm³/mol. The van der Waals surface area contributed by atoms with E-state index in [-0.39, 0.29) is 18.6 Å². The van der Waals surface area contributed by atoms with Gasteiger partial charge in [0.05, 0.1) is 11.7 Å². The van der Waals surface area contributed by atoms with Crippen molar-refractivity contribution in [1.82, 2.24) is 14.7 Å². The van der Waals surface area contributed by atoms with E-state index in [9.17, 15) is 4.79 Å². The molecule has 0 saturated carbocycles. The molecule has 0 N–H and O–H groups in total. The van der Waals surface area contributed by atoms with Crippen LogP contribution in [0.4, 0.5) is 0 Å². The van der Waals surface area contributed by atoms with Crippen molar-refractivity contribution in [3.05, 3.63) is 41.2 Å². The van der Waals surface area contributed by atoms with Crippen LogP contribution in [0.2, 0.25) is 0 Å². The van der Waals surface area contributed by atoms with Crippen LogP contribution in [0.1, 0.15) is 35.8 Å². The number of carbonyl (C=O) groups is 1. The Balaban J connectivity index is 1.58. The highest BCUT2D eigenvalue weighted by Crippen LogP contribution is 2.37. The quantitative estimate of drug-likeness (QED) is 0.842. The Morgan fingerprint density at radius 1 is 1.24 bits per heavy atom. The lowest BCUT2D eigenvalue weighted by atomic mass is 10.0. The highest BCUT2D eigenvalue weighted by Gasteiger charge is 2.39. The third-order valence-corrected chi connectivity index (χ3v) is 5.22. The molecule has 0 spiro atoms. The van der Waals surface area contributed by atoms with E-state index in [2.05, 4.69) is 12.0 Å². The summed E-state index contributed by atoms with van der Waals surface area (Å²) in [4.78, 5) is 15.1. The topological polar surface area (TPSA) is 56.6 Å². The van der Waals surface area contributed by atoms with E-state index in [1.165, 1.54) is 5.56 Å². The van der Waals surface area contributed by atoms with Crippen molar-refractivity contribution < 1.29 is 14.3 Å². The van der Waals surface area contributed by atoms with Gasteiger partial charge in [-0.05, 0) is 38.8 Å². The summed E-state index contributed by atoms with van der Waals surface area (Å²) in [7, 11) is 1.95. The maximum Gasteiger partial charge on any atom is 0.267 e. The second kappa shape index (κ2) is 6.10. The van der Waals surface area contributed by atoms with Gasteiger partial charge in [-0.25, -0.2) is 0 Å². The summed E-state index contributed by atoms with van der Waals surface area (Å²) < 4.78 is 13.5. The number of hydrogen-bond donors (Lipinski definition) is 0. The van der Waals surface area contributed by atoms with Crippen LogP contribution in [0, 0.1) is 13.8 Å². The Hall–Kier alpha value is -2.50. The number of carbonyl (C=O) groups excluding carboxylic acids is 1. The molecule has 1 saturated heterocycles. The molecule has 6 heteroatoms. The zero-order valence-corrected chi connectivity index (χ0v) is 14.9. The molecule has 2 aliphatic heterocycles. The van der Waals surface area contributed by atoms with E-state index in [1.807, 2.05) is 47.8 Å². The predicted octanol–water partition coefficient (Wildman–Crippen LogP) is 2.54. The van der Waals surface area contributed by atoms with E-state index in [4.69, 9.17) is 9.47 Å². The Morgan fingerprint density at radius 2 is 2.00 bits per heavy atom. The van der Waals surface area contributed by atoms with Gasteiger partial charge in [0.1, 0.15) is 6.61 Å². The second-order valence-corrected chi connectivity index (χ2v) is 6.76. The van der Waals surface area contributed by atoms with Crippen LogP contribution in [-0.4, -0.2) is 39.8 Å². The second-order valence-electron chi connectivity index (χ2n) is 6.76. The van der Waals surface area contributed by atoms with Gasteiger partial charge in [0.25, 0.3) is 5.91 Å². The summed E-state index contributed by atoms with van der Waals surface area (Å²) in [6.45, 7) is 5.08. The Labute approximate surface area is 147 Å². The first-order valence-electron chi connectivity index (χ1n) is 8.75. The van der Waals surface area contributed by atoms with Crippen molar-refractivity contribution in [2.24, 2.45) is 7.05 Å². The number of para-hydroxylation sites is 2. The van der Waals surface area contributed by atoms with Crippen LogP contribution >= 0.6 is 0 Å². The zero-order chi connectivity index (χ0) is 17.6. The minimum absolute atomic E-state index is 0.000318. The van der Waals surface area contributed by atoms with Crippen LogP contribution in [0.15, 0.2) is 24.3 Å². The summed E-state index contributed by atoms with van der Waals surface area (Å²) in [5, 5.41) is 4.51. The first-order chi connectivity index (χ1) is 12.1. The molecule has 6 nitrogen and oxygen atoms in total. The fourth-order valence-electron chi connectivity index (χ4n) is 3.93. The van der Waals surface area contributed by atoms with Gasteiger partial charge >= 0.3 is 0 Å². The van der Waals surface area contributed by atoms with Crippen molar-refractivity contribution in [1.29, 1.82) is 0 Å². The standard InChI is InChI=1S/C19H23N3O3/c1-12-18(13(2)21(3)20-12)14-7-6-10-22(14)19(23)17-11-24-15-8-4-5-9-16(15)25-17/h4-5,8-9,14,17H,6-7,10-11H2,1-3H3/t14-,17-/m0/s1. The molecule has 0 radical (unpaired) electrons. The number of ether oxygens (including phenoxy) is 2. The minimum Gasteiger partial charge on any atom is -0.485 e. The summed E-state index contributed by atoms with van der Waals surface area (Å²) in [5.41, 5.74) is 3.29. The number of hydrogen-bond acceptors (Lipinski definition) is 4. The summed E-state index contributed by atoms with van der Waals surface area (Å²) in [5.74, 6) is 1.33. The molecule has 132 valence electrons. The number of fused-ring (bicyclic) bond motifs is 1. The van der Waals surface area contributed by atoms with Gasteiger partial charge in [-0.2, -0.15) is 5.10 Å². The summed E-state index contributed by atoms with van der Waals surface area (Å²) in [6, 6.07) is 7.55. The van der Waals surface area contributed by atoms with Gasteiger partial charge in [0.2, 0.25) is 6.10 Å². The van der Waals surface area contributed by atoms with Gasteiger partial charge < -0.3 is 14.4 Å². The SMILES string of the molecule is Cc1nn(C)c(C)c1[C@@H]1CCCN1C(=O)[C@@H]1COc2ccccc2O1. The molecular weight excluding hydrogens is 318 g/mol. The lowest BCUT2D eigenvalue weighted by Gasteiger charge is -2.32. The fraction of sp³-hybridized carbons (Fsp3) is 0.474. The third kappa shape index (κ3) is 2.65. The van der Waals surface area contributed by atoms with Gasteiger partial charge in [-0.1, -0.05) is 12.1 Å². The number of benzene rings is 1. The normalized spacial score (nSPS) is 22.3. The number of nitrogens with zero attached hydrogens (tertiary/aromatic N) is 3.